The average Bonchev–Trinajstić information content (AvgIpc) is 3.16. The number of carbonyl (C=O) groups is 1. The summed E-state index contributed by atoms with van der Waals surface area (Å²) in [6, 6.07) is 8.81. The van der Waals surface area contributed by atoms with Crippen molar-refractivity contribution in [3.63, 3.8) is 0 Å². The Morgan fingerprint density at radius 3 is 2.59 bits per heavy atom. The van der Waals surface area contributed by atoms with Gasteiger partial charge in [-0.1, -0.05) is 6.07 Å². The van der Waals surface area contributed by atoms with Gasteiger partial charge in [0.1, 0.15) is 28.4 Å². The van der Waals surface area contributed by atoms with E-state index < -0.39 is 11.6 Å². The number of benzene rings is 1. The van der Waals surface area contributed by atoms with Crippen LogP contribution in [-0.2, 0) is 16.9 Å². The summed E-state index contributed by atoms with van der Waals surface area (Å²) in [7, 11) is 2.82. The summed E-state index contributed by atoms with van der Waals surface area (Å²) in [4.78, 5) is 16.5. The van der Waals surface area contributed by atoms with Gasteiger partial charge < -0.3 is 29.6 Å². The Hall–Kier alpha value is -3.00. The van der Waals surface area contributed by atoms with Gasteiger partial charge in [-0.05, 0) is 50.6 Å². The summed E-state index contributed by atoms with van der Waals surface area (Å²) in [5.74, 6) is 1.73. The molecule has 1 aromatic carbocycles. The monoisotopic (exact) mass is 403 g/mol. The second kappa shape index (κ2) is 9.97. The summed E-state index contributed by atoms with van der Waals surface area (Å²) in [5.41, 5.74) is -0.0311. The normalized spacial score (nSPS) is 13.5. The van der Waals surface area contributed by atoms with Crippen LogP contribution in [0.3, 0.4) is 0 Å². The lowest BCUT2D eigenvalue weighted by Crippen LogP contribution is -2.44. The highest BCUT2D eigenvalue weighted by Gasteiger charge is 2.27. The molecule has 8 nitrogen and oxygen atoms in total. The van der Waals surface area contributed by atoms with Gasteiger partial charge in [-0.2, -0.15) is 0 Å². The van der Waals surface area contributed by atoms with Crippen LogP contribution < -0.4 is 15.4 Å². The van der Waals surface area contributed by atoms with E-state index in [0.29, 0.717) is 36.1 Å². The number of rotatable bonds is 8. The second-order valence-corrected chi connectivity index (χ2v) is 6.76. The molecule has 1 atom stereocenters. The first-order chi connectivity index (χ1) is 13.8. The molecule has 0 amide bonds. The van der Waals surface area contributed by atoms with Crippen LogP contribution in [0.15, 0.2) is 39.7 Å². The Morgan fingerprint density at radius 1 is 1.24 bits per heavy atom. The molecular weight excluding hydrogens is 374 g/mol. The van der Waals surface area contributed by atoms with Crippen molar-refractivity contribution in [2.24, 2.45) is 4.99 Å². The maximum Gasteiger partial charge on any atom is 0.341 e. The SMILES string of the molecule is CCNC(=NCc1ccc(OC)c(C(=O)OC)c1)NCC(C)(O)c1ccc(C)o1. The van der Waals surface area contributed by atoms with E-state index in [1.807, 2.05) is 26.0 Å². The Balaban J connectivity index is 2.11. The van der Waals surface area contributed by atoms with E-state index in [1.54, 1.807) is 25.1 Å². The number of nitrogens with zero attached hydrogens (tertiary/aromatic N) is 1. The zero-order chi connectivity index (χ0) is 21.4. The number of ether oxygens (including phenoxy) is 2. The van der Waals surface area contributed by atoms with E-state index in [-0.39, 0.29) is 6.54 Å². The van der Waals surface area contributed by atoms with Crippen LogP contribution in [0, 0.1) is 6.92 Å². The van der Waals surface area contributed by atoms with E-state index in [2.05, 4.69) is 15.6 Å². The Bertz CT molecular complexity index is 858. The molecule has 1 aromatic heterocycles. The van der Waals surface area contributed by atoms with E-state index in [9.17, 15) is 9.90 Å². The van der Waals surface area contributed by atoms with Crippen molar-refractivity contribution in [1.29, 1.82) is 0 Å². The maximum atomic E-state index is 11.9. The second-order valence-electron chi connectivity index (χ2n) is 6.76. The lowest BCUT2D eigenvalue weighted by Gasteiger charge is -2.22. The van der Waals surface area contributed by atoms with E-state index in [1.165, 1.54) is 14.2 Å². The number of hydrogen-bond donors (Lipinski definition) is 3. The third-order valence-corrected chi connectivity index (χ3v) is 4.30. The van der Waals surface area contributed by atoms with E-state index in [4.69, 9.17) is 13.9 Å². The molecule has 0 saturated carbocycles. The fraction of sp³-hybridized carbons (Fsp3) is 0.429. The first kappa shape index (κ1) is 22.3. The van der Waals surface area contributed by atoms with Gasteiger partial charge in [0.25, 0.3) is 0 Å². The summed E-state index contributed by atoms with van der Waals surface area (Å²) >= 11 is 0. The fourth-order valence-corrected chi connectivity index (χ4v) is 2.70. The molecular formula is C21H29N3O5. The number of hydrogen-bond acceptors (Lipinski definition) is 6. The zero-order valence-corrected chi connectivity index (χ0v) is 17.5. The molecule has 2 aromatic rings. The molecule has 0 aliphatic rings. The van der Waals surface area contributed by atoms with Crippen LogP contribution in [0.4, 0.5) is 0 Å². The summed E-state index contributed by atoms with van der Waals surface area (Å²) in [6.45, 7) is 6.65. The summed E-state index contributed by atoms with van der Waals surface area (Å²) < 4.78 is 15.5. The smallest absolute Gasteiger partial charge is 0.341 e. The lowest BCUT2D eigenvalue weighted by molar-refractivity contribution is 0.0378. The first-order valence-corrected chi connectivity index (χ1v) is 9.37. The number of esters is 1. The topological polar surface area (TPSA) is 105 Å². The van der Waals surface area contributed by atoms with Crippen molar-refractivity contribution in [3.05, 3.63) is 53.0 Å². The van der Waals surface area contributed by atoms with Gasteiger partial charge in [-0.15, -0.1) is 0 Å². The lowest BCUT2D eigenvalue weighted by atomic mass is 10.0. The molecule has 158 valence electrons. The summed E-state index contributed by atoms with van der Waals surface area (Å²) in [6.07, 6.45) is 0. The molecule has 0 spiro atoms. The Labute approximate surface area is 170 Å². The zero-order valence-electron chi connectivity index (χ0n) is 17.5. The van der Waals surface area contributed by atoms with Crippen LogP contribution >= 0.6 is 0 Å². The molecule has 2 rings (SSSR count). The number of furan rings is 1. The predicted octanol–water partition coefficient (Wildman–Crippen LogP) is 2.35. The number of nitrogens with one attached hydrogen (secondary N) is 2. The van der Waals surface area contributed by atoms with Crippen molar-refractivity contribution in [1.82, 2.24) is 10.6 Å². The molecule has 0 saturated heterocycles. The molecule has 3 N–H and O–H groups in total. The molecule has 0 aliphatic heterocycles. The quantitative estimate of drug-likeness (QED) is 0.353. The van der Waals surface area contributed by atoms with Crippen LogP contribution in [0.1, 0.15) is 41.3 Å². The van der Waals surface area contributed by atoms with Gasteiger partial charge in [0.2, 0.25) is 0 Å². The highest BCUT2D eigenvalue weighted by Crippen LogP contribution is 2.22. The minimum Gasteiger partial charge on any atom is -0.496 e. The molecule has 1 heterocycles. The molecule has 29 heavy (non-hydrogen) atoms. The van der Waals surface area contributed by atoms with Crippen molar-refractivity contribution < 1.29 is 23.8 Å². The third-order valence-electron chi connectivity index (χ3n) is 4.30. The van der Waals surface area contributed by atoms with Crippen LogP contribution in [0.25, 0.3) is 0 Å². The highest BCUT2D eigenvalue weighted by atomic mass is 16.5. The number of carbonyl (C=O) groups excluding carboxylic acids is 1. The number of aryl methyl sites for hydroxylation is 1. The van der Waals surface area contributed by atoms with Crippen molar-refractivity contribution >= 4 is 11.9 Å². The maximum absolute atomic E-state index is 11.9. The third kappa shape index (κ3) is 5.99. The number of aliphatic hydroxyl groups is 1. The number of methoxy groups -OCH3 is 2. The van der Waals surface area contributed by atoms with Gasteiger partial charge in [0.15, 0.2) is 5.96 Å². The van der Waals surface area contributed by atoms with Crippen molar-refractivity contribution in [3.8, 4) is 5.75 Å². The molecule has 0 fully saturated rings. The van der Waals surface area contributed by atoms with Gasteiger partial charge in [-0.25, -0.2) is 9.79 Å². The largest absolute Gasteiger partial charge is 0.496 e. The fourth-order valence-electron chi connectivity index (χ4n) is 2.70. The highest BCUT2D eigenvalue weighted by molar-refractivity contribution is 5.92. The average molecular weight is 403 g/mol. The molecule has 0 radical (unpaired) electrons. The van der Waals surface area contributed by atoms with E-state index >= 15 is 0 Å². The number of guanidine groups is 1. The minimum absolute atomic E-state index is 0.210. The van der Waals surface area contributed by atoms with Gasteiger partial charge in [0, 0.05) is 6.54 Å². The standard InChI is InChI=1S/C21H29N3O5/c1-6-22-20(24-13-21(3,26)18-10-7-14(2)29-18)23-12-15-8-9-17(27-4)16(11-15)19(25)28-5/h7-11,26H,6,12-13H2,1-5H3,(H2,22,23,24). The minimum atomic E-state index is -1.19. The van der Waals surface area contributed by atoms with Gasteiger partial charge in [0.05, 0.1) is 27.3 Å². The molecule has 0 aliphatic carbocycles. The molecule has 1 unspecified atom stereocenters. The Kier molecular flexibility index (Phi) is 7.67. The van der Waals surface area contributed by atoms with Crippen LogP contribution in [-0.4, -0.2) is 44.3 Å². The van der Waals surface area contributed by atoms with Crippen LogP contribution in [0.2, 0.25) is 0 Å². The predicted molar refractivity (Wildman–Crippen MR) is 110 cm³/mol. The van der Waals surface area contributed by atoms with Gasteiger partial charge in [-0.3, -0.25) is 0 Å². The van der Waals surface area contributed by atoms with Crippen molar-refractivity contribution in [2.75, 3.05) is 27.3 Å². The first-order valence-electron chi connectivity index (χ1n) is 9.37. The van der Waals surface area contributed by atoms with Gasteiger partial charge >= 0.3 is 5.97 Å². The molecule has 0 bridgehead atoms. The van der Waals surface area contributed by atoms with E-state index in [0.717, 1.165) is 11.3 Å². The van der Waals surface area contributed by atoms with Crippen LogP contribution in [0.5, 0.6) is 5.75 Å². The Morgan fingerprint density at radius 2 is 2.00 bits per heavy atom. The summed E-state index contributed by atoms with van der Waals surface area (Å²) in [5, 5.41) is 16.9. The van der Waals surface area contributed by atoms with Crippen molar-refractivity contribution in [2.45, 2.75) is 32.9 Å². The number of aliphatic imine (C=N–C) groups is 1. The molecule has 8 heteroatoms.